The fraction of sp³-hybridized carbons (Fsp3) is 0.600. The van der Waals surface area contributed by atoms with Gasteiger partial charge in [-0.25, -0.2) is 0 Å². The van der Waals surface area contributed by atoms with Crippen LogP contribution in [0.25, 0.3) is 0 Å². The molecule has 0 atom stereocenters. The van der Waals surface area contributed by atoms with Gasteiger partial charge < -0.3 is 4.43 Å². The van der Waals surface area contributed by atoms with Crippen LogP contribution in [0, 0.1) is 0 Å². The van der Waals surface area contributed by atoms with Gasteiger partial charge in [-0.2, -0.15) is 0 Å². The van der Waals surface area contributed by atoms with Crippen molar-refractivity contribution >= 4 is 8.32 Å². The van der Waals surface area contributed by atoms with E-state index >= 15 is 0 Å². The second-order valence-corrected chi connectivity index (χ2v) is 9.91. The van der Waals surface area contributed by atoms with E-state index in [-0.39, 0.29) is 5.60 Å². The largest absolute Gasteiger partial charge is 0.408 e. The first-order valence-electron chi connectivity index (χ1n) is 6.75. The lowest BCUT2D eigenvalue weighted by Gasteiger charge is -2.38. The number of hydrogen-bond acceptors (Lipinski definition) is 1. The van der Waals surface area contributed by atoms with E-state index in [2.05, 4.69) is 65.0 Å². The Labute approximate surface area is 107 Å². The molecule has 0 aliphatic heterocycles. The first-order chi connectivity index (χ1) is 7.99. The van der Waals surface area contributed by atoms with Crippen molar-refractivity contribution in [1.82, 2.24) is 0 Å². The van der Waals surface area contributed by atoms with Gasteiger partial charge in [0, 0.05) is 0 Å². The Morgan fingerprint density at radius 2 is 1.41 bits per heavy atom. The van der Waals surface area contributed by atoms with E-state index in [1.54, 1.807) is 0 Å². The molecule has 0 amide bonds. The van der Waals surface area contributed by atoms with Crippen LogP contribution >= 0.6 is 0 Å². The molecule has 0 saturated carbocycles. The summed E-state index contributed by atoms with van der Waals surface area (Å²) in [6.07, 6.45) is 0. The van der Waals surface area contributed by atoms with E-state index in [4.69, 9.17) is 4.43 Å². The van der Waals surface area contributed by atoms with Gasteiger partial charge >= 0.3 is 0 Å². The Morgan fingerprint density at radius 3 is 1.82 bits per heavy atom. The quantitative estimate of drug-likeness (QED) is 0.650. The van der Waals surface area contributed by atoms with Crippen LogP contribution in [0.4, 0.5) is 0 Å². The van der Waals surface area contributed by atoms with Crippen molar-refractivity contribution in [3.63, 3.8) is 0 Å². The predicted molar refractivity (Wildman–Crippen MR) is 77.8 cm³/mol. The van der Waals surface area contributed by atoms with E-state index in [1.807, 2.05) is 0 Å². The molecule has 0 N–H and O–H groups in total. The van der Waals surface area contributed by atoms with E-state index < -0.39 is 8.32 Å². The van der Waals surface area contributed by atoms with Gasteiger partial charge in [-0.15, -0.1) is 0 Å². The normalized spacial score (nSPS) is 12.8. The van der Waals surface area contributed by atoms with E-state index in [9.17, 15) is 0 Å². The summed E-state index contributed by atoms with van der Waals surface area (Å²) in [6.45, 7) is 11.2. The highest BCUT2D eigenvalue weighted by Gasteiger charge is 2.36. The molecular weight excluding hydrogens is 224 g/mol. The SMILES string of the molecule is CC[Si](CC)(CC)OC(C)(C)c1ccccc1. The van der Waals surface area contributed by atoms with Crippen LogP contribution < -0.4 is 0 Å². The maximum Gasteiger partial charge on any atom is 0.193 e. The van der Waals surface area contributed by atoms with Crippen LogP contribution in [-0.4, -0.2) is 8.32 Å². The topological polar surface area (TPSA) is 9.23 Å². The zero-order valence-corrected chi connectivity index (χ0v) is 12.9. The Kier molecular flexibility index (Phi) is 4.96. The molecule has 1 aromatic carbocycles. The first kappa shape index (κ1) is 14.5. The van der Waals surface area contributed by atoms with Crippen molar-refractivity contribution in [2.24, 2.45) is 0 Å². The van der Waals surface area contributed by atoms with Crippen LogP contribution in [0.3, 0.4) is 0 Å². The van der Waals surface area contributed by atoms with Gasteiger partial charge in [0.2, 0.25) is 0 Å². The molecule has 0 unspecified atom stereocenters. The maximum absolute atomic E-state index is 6.60. The molecular formula is C15H26OSi. The smallest absolute Gasteiger partial charge is 0.193 e. The lowest BCUT2D eigenvalue weighted by Crippen LogP contribution is -2.43. The summed E-state index contributed by atoms with van der Waals surface area (Å²) in [7, 11) is -1.54. The van der Waals surface area contributed by atoms with Crippen molar-refractivity contribution in [3.8, 4) is 0 Å². The third kappa shape index (κ3) is 3.43. The molecule has 1 aromatic rings. The number of hydrogen-bond donors (Lipinski definition) is 0. The molecule has 0 radical (unpaired) electrons. The monoisotopic (exact) mass is 250 g/mol. The number of benzene rings is 1. The van der Waals surface area contributed by atoms with Crippen LogP contribution in [0.5, 0.6) is 0 Å². The summed E-state index contributed by atoms with van der Waals surface area (Å²) in [6, 6.07) is 14.2. The van der Waals surface area contributed by atoms with Crippen molar-refractivity contribution in [1.29, 1.82) is 0 Å². The molecule has 1 nitrogen and oxygen atoms in total. The van der Waals surface area contributed by atoms with Gasteiger partial charge in [0.25, 0.3) is 0 Å². The molecule has 0 spiro atoms. The fourth-order valence-electron chi connectivity index (χ4n) is 2.41. The fourth-order valence-corrected chi connectivity index (χ4v) is 5.54. The summed E-state index contributed by atoms with van der Waals surface area (Å²) in [5.41, 5.74) is 1.13. The molecule has 0 aliphatic rings. The molecule has 0 aliphatic carbocycles. The van der Waals surface area contributed by atoms with Crippen LogP contribution in [0.1, 0.15) is 40.2 Å². The summed E-state index contributed by atoms with van der Waals surface area (Å²) in [5.74, 6) is 0. The third-order valence-electron chi connectivity index (χ3n) is 3.87. The van der Waals surface area contributed by atoms with Crippen molar-refractivity contribution < 1.29 is 4.43 Å². The standard InChI is InChI=1S/C15H26OSi/c1-6-17(7-2,8-3)16-15(4,5)14-12-10-9-11-13-14/h9-13H,6-8H2,1-5H3. The zero-order valence-electron chi connectivity index (χ0n) is 11.9. The Bertz CT molecular complexity index is 320. The zero-order chi connectivity index (χ0) is 12.9. The van der Waals surface area contributed by atoms with Gasteiger partial charge in [0.15, 0.2) is 8.32 Å². The van der Waals surface area contributed by atoms with E-state index in [0.717, 1.165) is 0 Å². The number of rotatable bonds is 6. The lowest BCUT2D eigenvalue weighted by atomic mass is 9.99. The molecule has 2 heteroatoms. The van der Waals surface area contributed by atoms with Gasteiger partial charge in [-0.05, 0) is 37.5 Å². The van der Waals surface area contributed by atoms with Crippen LogP contribution in [0.15, 0.2) is 30.3 Å². The van der Waals surface area contributed by atoms with Gasteiger partial charge in [-0.1, -0.05) is 51.1 Å². The molecule has 0 bridgehead atoms. The highest BCUT2D eigenvalue weighted by Crippen LogP contribution is 2.33. The molecule has 1 rings (SSSR count). The lowest BCUT2D eigenvalue weighted by molar-refractivity contribution is 0.0941. The Balaban J connectivity index is 2.92. The van der Waals surface area contributed by atoms with E-state index in [0.29, 0.717) is 0 Å². The second kappa shape index (κ2) is 5.83. The van der Waals surface area contributed by atoms with Crippen molar-refractivity contribution in [2.45, 2.75) is 58.4 Å². The summed E-state index contributed by atoms with van der Waals surface area (Å²) < 4.78 is 6.60. The predicted octanol–water partition coefficient (Wildman–Crippen LogP) is 4.94. The molecule has 96 valence electrons. The van der Waals surface area contributed by atoms with Gasteiger partial charge in [0.1, 0.15) is 0 Å². The summed E-state index contributed by atoms with van der Waals surface area (Å²) >= 11 is 0. The van der Waals surface area contributed by atoms with Gasteiger partial charge in [-0.3, -0.25) is 0 Å². The first-order valence-corrected chi connectivity index (χ1v) is 9.28. The maximum atomic E-state index is 6.60. The second-order valence-electron chi connectivity index (χ2n) is 5.22. The van der Waals surface area contributed by atoms with Crippen LogP contribution in [-0.2, 0) is 10.0 Å². The highest BCUT2D eigenvalue weighted by atomic mass is 28.4. The molecule has 17 heavy (non-hydrogen) atoms. The van der Waals surface area contributed by atoms with Crippen molar-refractivity contribution in [2.75, 3.05) is 0 Å². The highest BCUT2D eigenvalue weighted by molar-refractivity contribution is 6.73. The Hall–Kier alpha value is -0.603. The minimum absolute atomic E-state index is 0.157. The molecule has 0 heterocycles. The summed E-state index contributed by atoms with van der Waals surface area (Å²) in [4.78, 5) is 0. The Morgan fingerprint density at radius 1 is 0.941 bits per heavy atom. The minimum atomic E-state index is -1.54. The van der Waals surface area contributed by atoms with Crippen LogP contribution in [0.2, 0.25) is 18.1 Å². The molecule has 0 saturated heterocycles. The van der Waals surface area contributed by atoms with E-state index in [1.165, 1.54) is 23.7 Å². The van der Waals surface area contributed by atoms with Crippen molar-refractivity contribution in [3.05, 3.63) is 35.9 Å². The average molecular weight is 250 g/mol. The van der Waals surface area contributed by atoms with Gasteiger partial charge in [0.05, 0.1) is 5.60 Å². The third-order valence-corrected chi connectivity index (χ3v) is 8.68. The average Bonchev–Trinajstić information content (AvgIpc) is 2.37. The molecule has 0 aromatic heterocycles. The minimum Gasteiger partial charge on any atom is -0.408 e. The summed E-state index contributed by atoms with van der Waals surface area (Å²) in [5, 5.41) is 0. The molecule has 0 fully saturated rings.